The van der Waals surface area contributed by atoms with Crippen molar-refractivity contribution in [2.24, 2.45) is 11.8 Å². The van der Waals surface area contributed by atoms with E-state index in [4.69, 9.17) is 5.11 Å². The van der Waals surface area contributed by atoms with E-state index in [1.807, 2.05) is 12.2 Å². The summed E-state index contributed by atoms with van der Waals surface area (Å²) in [6.07, 6.45) is 17.2. The van der Waals surface area contributed by atoms with Gasteiger partial charge >= 0.3 is 5.97 Å². The van der Waals surface area contributed by atoms with Crippen molar-refractivity contribution in [1.82, 2.24) is 0 Å². The molecule has 1 aliphatic rings. The lowest BCUT2D eigenvalue weighted by Crippen LogP contribution is -2.19. The van der Waals surface area contributed by atoms with E-state index in [1.165, 1.54) is 0 Å². The molecule has 1 fully saturated rings. The van der Waals surface area contributed by atoms with Gasteiger partial charge in [-0.05, 0) is 32.1 Å². The Kier molecular flexibility index (Phi) is 11.3. The van der Waals surface area contributed by atoms with Gasteiger partial charge in [0.25, 0.3) is 0 Å². The number of carbonyl (C=O) groups excluding carboxylic acids is 1. The fourth-order valence-corrected chi connectivity index (χ4v) is 3.10. The molecule has 4 atom stereocenters. The summed E-state index contributed by atoms with van der Waals surface area (Å²) < 4.78 is 0. The monoisotopic (exact) mass is 376 g/mol. The second-order valence-electron chi connectivity index (χ2n) is 6.84. The molecular formula is C22H32O5. The van der Waals surface area contributed by atoms with E-state index in [-0.39, 0.29) is 30.5 Å². The minimum Gasteiger partial charge on any atom is -0.481 e. The summed E-state index contributed by atoms with van der Waals surface area (Å²) in [6, 6.07) is 0. The summed E-state index contributed by atoms with van der Waals surface area (Å²) in [7, 11) is 0. The van der Waals surface area contributed by atoms with Gasteiger partial charge in [-0.2, -0.15) is 0 Å². The second-order valence-corrected chi connectivity index (χ2v) is 6.84. The van der Waals surface area contributed by atoms with Crippen LogP contribution in [-0.2, 0) is 9.59 Å². The van der Waals surface area contributed by atoms with Gasteiger partial charge in [0.2, 0.25) is 0 Å². The van der Waals surface area contributed by atoms with Crippen LogP contribution in [0.25, 0.3) is 0 Å². The number of carboxylic acid groups (broad SMARTS) is 1. The number of carbonyl (C=O) groups is 2. The lowest BCUT2D eigenvalue weighted by molar-refractivity contribution is -0.136. The second kappa shape index (κ2) is 13.2. The molecule has 3 N–H and O–H groups in total. The first kappa shape index (κ1) is 23.1. The average Bonchev–Trinajstić information content (AvgIpc) is 2.88. The first-order valence-corrected chi connectivity index (χ1v) is 9.69. The highest BCUT2D eigenvalue weighted by Crippen LogP contribution is 2.33. The van der Waals surface area contributed by atoms with Crippen LogP contribution in [0.2, 0.25) is 0 Å². The molecule has 1 aliphatic carbocycles. The summed E-state index contributed by atoms with van der Waals surface area (Å²) in [5.41, 5.74) is 0. The molecule has 0 saturated heterocycles. The quantitative estimate of drug-likeness (QED) is 0.453. The van der Waals surface area contributed by atoms with Crippen LogP contribution in [0.4, 0.5) is 0 Å². The van der Waals surface area contributed by atoms with Crippen LogP contribution in [-0.4, -0.2) is 39.3 Å². The van der Waals surface area contributed by atoms with E-state index in [1.54, 1.807) is 24.3 Å². The highest BCUT2D eigenvalue weighted by Gasteiger charge is 2.39. The Morgan fingerprint density at radius 2 is 1.93 bits per heavy atom. The predicted octanol–water partition coefficient (Wildman–Crippen LogP) is 3.58. The third kappa shape index (κ3) is 9.50. The average molecular weight is 376 g/mol. The van der Waals surface area contributed by atoms with Gasteiger partial charge in [-0.15, -0.1) is 0 Å². The molecule has 0 aromatic carbocycles. The Hall–Kier alpha value is -1.98. The summed E-state index contributed by atoms with van der Waals surface area (Å²) in [5.74, 6) is -1.37. The highest BCUT2D eigenvalue weighted by molar-refractivity contribution is 5.86. The fraction of sp³-hybridized carbons (Fsp3) is 0.545. The third-order valence-electron chi connectivity index (χ3n) is 4.60. The molecule has 5 heteroatoms. The zero-order valence-electron chi connectivity index (χ0n) is 16.0. The molecule has 27 heavy (non-hydrogen) atoms. The lowest BCUT2D eigenvalue weighted by atomic mass is 9.90. The lowest BCUT2D eigenvalue weighted by Gasteiger charge is -2.16. The SMILES string of the molecule is CC/C=C\C/C=C\C[C@@H]1[C@@H](O)CC(=O)[C@@H]1/C=C/[C@H](O)C/C=C\CCC(=O)O. The van der Waals surface area contributed by atoms with Gasteiger partial charge in [0.15, 0.2) is 0 Å². The molecule has 0 heterocycles. The fourth-order valence-electron chi connectivity index (χ4n) is 3.10. The molecule has 5 nitrogen and oxygen atoms in total. The smallest absolute Gasteiger partial charge is 0.303 e. The summed E-state index contributed by atoms with van der Waals surface area (Å²) in [6.45, 7) is 2.08. The van der Waals surface area contributed by atoms with Crippen molar-refractivity contribution >= 4 is 11.8 Å². The van der Waals surface area contributed by atoms with Crippen LogP contribution in [0, 0.1) is 11.8 Å². The van der Waals surface area contributed by atoms with E-state index < -0.39 is 18.2 Å². The molecule has 0 bridgehead atoms. The molecule has 0 aromatic heterocycles. The van der Waals surface area contributed by atoms with Gasteiger partial charge in [0.05, 0.1) is 12.2 Å². The van der Waals surface area contributed by atoms with Crippen LogP contribution in [0.3, 0.4) is 0 Å². The molecule has 150 valence electrons. The summed E-state index contributed by atoms with van der Waals surface area (Å²) >= 11 is 0. The Morgan fingerprint density at radius 1 is 1.19 bits per heavy atom. The minimum absolute atomic E-state index is 0.00669. The maximum Gasteiger partial charge on any atom is 0.303 e. The number of aliphatic hydroxyl groups is 2. The first-order chi connectivity index (χ1) is 13.0. The number of aliphatic hydroxyl groups excluding tert-OH is 2. The van der Waals surface area contributed by atoms with Crippen molar-refractivity contribution < 1.29 is 24.9 Å². The first-order valence-electron chi connectivity index (χ1n) is 9.69. The normalized spacial score (nSPS) is 24.9. The highest BCUT2D eigenvalue weighted by atomic mass is 16.4. The van der Waals surface area contributed by atoms with Crippen molar-refractivity contribution in [1.29, 1.82) is 0 Å². The van der Waals surface area contributed by atoms with Crippen LogP contribution in [0.5, 0.6) is 0 Å². The number of Topliss-reactive ketones (excluding diaryl/α,β-unsaturated/α-hetero) is 1. The van der Waals surface area contributed by atoms with Gasteiger partial charge in [-0.25, -0.2) is 0 Å². The Labute approximate surface area is 161 Å². The number of allylic oxidation sites excluding steroid dienone is 6. The van der Waals surface area contributed by atoms with E-state index in [0.29, 0.717) is 19.3 Å². The summed E-state index contributed by atoms with van der Waals surface area (Å²) in [4.78, 5) is 22.6. The van der Waals surface area contributed by atoms with Crippen LogP contribution in [0.1, 0.15) is 51.9 Å². The maximum absolute atomic E-state index is 12.1. The van der Waals surface area contributed by atoms with Crippen molar-refractivity contribution in [2.45, 2.75) is 64.1 Å². The minimum atomic E-state index is -0.847. The maximum atomic E-state index is 12.1. The van der Waals surface area contributed by atoms with Gasteiger partial charge in [0.1, 0.15) is 5.78 Å². The predicted molar refractivity (Wildman–Crippen MR) is 106 cm³/mol. The van der Waals surface area contributed by atoms with Gasteiger partial charge < -0.3 is 15.3 Å². The number of carboxylic acids is 1. The number of rotatable bonds is 12. The van der Waals surface area contributed by atoms with Gasteiger partial charge in [-0.1, -0.05) is 55.5 Å². The van der Waals surface area contributed by atoms with E-state index >= 15 is 0 Å². The van der Waals surface area contributed by atoms with Crippen LogP contribution >= 0.6 is 0 Å². The van der Waals surface area contributed by atoms with E-state index in [2.05, 4.69) is 19.1 Å². The zero-order chi connectivity index (χ0) is 20.1. The molecule has 0 aromatic rings. The van der Waals surface area contributed by atoms with Crippen molar-refractivity contribution in [3.8, 4) is 0 Å². The molecule has 0 aliphatic heterocycles. The zero-order valence-corrected chi connectivity index (χ0v) is 16.0. The number of aliphatic carboxylic acids is 1. The molecular weight excluding hydrogens is 344 g/mol. The largest absolute Gasteiger partial charge is 0.481 e. The molecule has 0 amide bonds. The van der Waals surface area contributed by atoms with Gasteiger partial charge in [0, 0.05) is 24.7 Å². The van der Waals surface area contributed by atoms with Gasteiger partial charge in [-0.3, -0.25) is 9.59 Å². The van der Waals surface area contributed by atoms with Crippen LogP contribution in [0.15, 0.2) is 48.6 Å². The molecule has 1 rings (SSSR count). The molecule has 0 radical (unpaired) electrons. The van der Waals surface area contributed by atoms with Crippen LogP contribution < -0.4 is 0 Å². The van der Waals surface area contributed by atoms with Crippen molar-refractivity contribution in [3.63, 3.8) is 0 Å². The molecule has 0 unspecified atom stereocenters. The van der Waals surface area contributed by atoms with Crippen molar-refractivity contribution in [3.05, 3.63) is 48.6 Å². The van der Waals surface area contributed by atoms with E-state index in [0.717, 1.165) is 12.8 Å². The third-order valence-corrected chi connectivity index (χ3v) is 4.60. The standard InChI is InChI=1S/C22H32O5/c1-2-3-4-5-6-9-12-18-19(21(25)16-20(18)24)15-14-17(23)11-8-7-10-13-22(26)27/h3-4,6-9,14-15,17-20,23-24H,2,5,10-13,16H2,1H3,(H,26,27)/b4-3-,8-7-,9-6-,15-14+/t17-,18+,19-,20+/m1/s1. The Balaban J connectivity index is 2.50. The summed E-state index contributed by atoms with van der Waals surface area (Å²) in [5, 5.41) is 28.7. The molecule has 1 saturated carbocycles. The topological polar surface area (TPSA) is 94.8 Å². The molecule has 0 spiro atoms. The Morgan fingerprint density at radius 3 is 2.63 bits per heavy atom. The number of ketones is 1. The number of hydrogen-bond donors (Lipinski definition) is 3. The number of hydrogen-bond acceptors (Lipinski definition) is 4. The Bertz CT molecular complexity index is 573. The van der Waals surface area contributed by atoms with Crippen molar-refractivity contribution in [2.75, 3.05) is 0 Å². The van der Waals surface area contributed by atoms with E-state index in [9.17, 15) is 19.8 Å².